The number of benzene rings is 4. The highest BCUT2D eigenvalue weighted by molar-refractivity contribution is 7.22. The van der Waals surface area contributed by atoms with E-state index in [1.807, 2.05) is 24.3 Å². The molecule has 0 saturated heterocycles. The molecule has 4 nitrogen and oxygen atoms in total. The van der Waals surface area contributed by atoms with Crippen LogP contribution in [0.2, 0.25) is 0 Å². The molecule has 0 N–H and O–H groups in total. The fourth-order valence-electron chi connectivity index (χ4n) is 5.25. The Kier molecular flexibility index (Phi) is 5.27. The van der Waals surface area contributed by atoms with Crippen molar-refractivity contribution >= 4 is 54.3 Å². The van der Waals surface area contributed by atoms with E-state index in [1.165, 1.54) is 22.3 Å². The van der Waals surface area contributed by atoms with Crippen molar-refractivity contribution in [1.82, 2.24) is 9.97 Å². The minimum absolute atomic E-state index is 0.701. The van der Waals surface area contributed by atoms with E-state index < -0.39 is 0 Å². The lowest BCUT2D eigenvalue weighted by Crippen LogP contribution is -1.82. The standard InChI is InChI=1S/C34H22N2O2S2/c1-19-13-23(21-9-5-3-6-10-21)15-29-31(19)35-33(39-29)27-17-25-26(37-27)18-28(38-25)34-36-32-20(2)14-24(16-30(32)40-34)22-11-7-4-8-12-22/h3-18H,1-2H3. The second-order valence-corrected chi connectivity index (χ2v) is 12.1. The van der Waals surface area contributed by atoms with Crippen LogP contribution in [0.1, 0.15) is 11.1 Å². The smallest absolute Gasteiger partial charge is 0.174 e. The minimum Gasteiger partial charge on any atom is -0.450 e. The molecule has 0 aliphatic carbocycles. The number of aromatic nitrogens is 2. The molecule has 0 unspecified atom stereocenters. The van der Waals surface area contributed by atoms with Gasteiger partial charge in [0.1, 0.15) is 0 Å². The minimum atomic E-state index is 0.701. The highest BCUT2D eigenvalue weighted by atomic mass is 32.1. The van der Waals surface area contributed by atoms with Crippen LogP contribution in [0.3, 0.4) is 0 Å². The summed E-state index contributed by atoms with van der Waals surface area (Å²) >= 11 is 3.28. The van der Waals surface area contributed by atoms with Gasteiger partial charge in [-0.1, -0.05) is 60.7 Å². The zero-order chi connectivity index (χ0) is 26.8. The Labute approximate surface area is 238 Å². The van der Waals surface area contributed by atoms with E-state index in [0.29, 0.717) is 11.2 Å². The summed E-state index contributed by atoms with van der Waals surface area (Å²) in [5, 5.41) is 1.70. The van der Waals surface area contributed by atoms with Gasteiger partial charge in [-0.3, -0.25) is 0 Å². The van der Waals surface area contributed by atoms with Crippen molar-refractivity contribution in [2.24, 2.45) is 0 Å². The van der Waals surface area contributed by atoms with Gasteiger partial charge in [-0.15, -0.1) is 22.7 Å². The Balaban J connectivity index is 1.14. The first-order valence-electron chi connectivity index (χ1n) is 13.1. The first-order chi connectivity index (χ1) is 19.6. The van der Waals surface area contributed by atoms with Gasteiger partial charge in [0.25, 0.3) is 0 Å². The van der Waals surface area contributed by atoms with Crippen molar-refractivity contribution < 1.29 is 8.83 Å². The van der Waals surface area contributed by atoms with E-state index in [9.17, 15) is 0 Å². The lowest BCUT2D eigenvalue weighted by atomic mass is 10.0. The van der Waals surface area contributed by atoms with Crippen LogP contribution in [-0.4, -0.2) is 9.97 Å². The summed E-state index contributed by atoms with van der Waals surface area (Å²) in [5.41, 5.74) is 10.5. The van der Waals surface area contributed by atoms with Crippen LogP contribution < -0.4 is 0 Å². The number of hydrogen-bond donors (Lipinski definition) is 0. The molecule has 0 atom stereocenters. The van der Waals surface area contributed by atoms with Crippen LogP contribution in [0.5, 0.6) is 0 Å². The normalized spacial score (nSPS) is 11.8. The third-order valence-electron chi connectivity index (χ3n) is 7.21. The fraction of sp³-hybridized carbons (Fsp3) is 0.0588. The van der Waals surface area contributed by atoms with Gasteiger partial charge >= 0.3 is 0 Å². The Morgan fingerprint density at radius 3 is 1.35 bits per heavy atom. The molecule has 6 heteroatoms. The van der Waals surface area contributed by atoms with Gasteiger partial charge in [0.2, 0.25) is 0 Å². The molecule has 8 rings (SSSR count). The molecule has 0 radical (unpaired) electrons. The van der Waals surface area contributed by atoms with Gasteiger partial charge in [0, 0.05) is 12.1 Å². The maximum Gasteiger partial charge on any atom is 0.174 e. The second kappa shape index (κ2) is 9.01. The SMILES string of the molecule is Cc1cc(-c2ccccc2)cc2sc(-c3cc4oc(-c5nc6c(C)cc(-c7ccccc7)cc6s5)cc4o3)nc12. The molecule has 0 bridgehead atoms. The van der Waals surface area contributed by atoms with Crippen LogP contribution in [0.4, 0.5) is 0 Å². The van der Waals surface area contributed by atoms with Gasteiger partial charge in [-0.25, -0.2) is 9.97 Å². The van der Waals surface area contributed by atoms with Crippen LogP contribution >= 0.6 is 22.7 Å². The summed E-state index contributed by atoms with van der Waals surface area (Å²) in [5.74, 6) is 1.43. The summed E-state index contributed by atoms with van der Waals surface area (Å²) in [4.78, 5) is 9.83. The van der Waals surface area contributed by atoms with Crippen molar-refractivity contribution in [3.8, 4) is 43.8 Å². The van der Waals surface area contributed by atoms with Gasteiger partial charge in [0.15, 0.2) is 32.7 Å². The highest BCUT2D eigenvalue weighted by Gasteiger charge is 2.19. The largest absolute Gasteiger partial charge is 0.450 e. The molecule has 0 fully saturated rings. The Morgan fingerprint density at radius 1 is 0.500 bits per heavy atom. The van der Waals surface area contributed by atoms with Gasteiger partial charge in [-0.2, -0.15) is 0 Å². The summed E-state index contributed by atoms with van der Waals surface area (Å²) in [7, 11) is 0. The number of aryl methyl sites for hydroxylation is 2. The summed E-state index contributed by atoms with van der Waals surface area (Å²) in [6.45, 7) is 4.22. The molecule has 4 heterocycles. The third kappa shape index (κ3) is 3.87. The van der Waals surface area contributed by atoms with Gasteiger partial charge in [0.05, 0.1) is 20.4 Å². The van der Waals surface area contributed by atoms with E-state index in [4.69, 9.17) is 18.8 Å². The number of hydrogen-bond acceptors (Lipinski definition) is 6. The predicted octanol–water partition coefficient (Wildman–Crippen LogP) is 10.5. The van der Waals surface area contributed by atoms with Crippen LogP contribution in [0, 0.1) is 13.8 Å². The topological polar surface area (TPSA) is 52.1 Å². The van der Waals surface area contributed by atoms with Crippen molar-refractivity contribution in [2.45, 2.75) is 13.8 Å². The quantitative estimate of drug-likeness (QED) is 0.217. The number of furan rings is 2. The molecule has 0 spiro atoms. The monoisotopic (exact) mass is 554 g/mol. The zero-order valence-electron chi connectivity index (χ0n) is 21.8. The molecule has 8 aromatic rings. The molecule has 4 aromatic carbocycles. The van der Waals surface area contributed by atoms with Crippen LogP contribution in [0.25, 0.3) is 75.4 Å². The molecular formula is C34H22N2O2S2. The highest BCUT2D eigenvalue weighted by Crippen LogP contribution is 2.41. The van der Waals surface area contributed by atoms with Gasteiger partial charge < -0.3 is 8.83 Å². The molecule has 0 aliphatic heterocycles. The number of thiazole rings is 2. The first-order valence-corrected chi connectivity index (χ1v) is 14.7. The number of nitrogens with zero attached hydrogens (tertiary/aromatic N) is 2. The number of fused-ring (bicyclic) bond motifs is 3. The Bertz CT molecular complexity index is 2000. The zero-order valence-corrected chi connectivity index (χ0v) is 23.4. The van der Waals surface area contributed by atoms with E-state index in [1.54, 1.807) is 22.7 Å². The average molecular weight is 555 g/mol. The predicted molar refractivity (Wildman–Crippen MR) is 166 cm³/mol. The maximum absolute atomic E-state index is 6.25. The van der Waals surface area contributed by atoms with Crippen molar-refractivity contribution in [2.75, 3.05) is 0 Å². The van der Waals surface area contributed by atoms with Crippen LogP contribution in [0.15, 0.2) is 106 Å². The summed E-state index contributed by atoms with van der Waals surface area (Å²) < 4.78 is 14.8. The molecule has 0 amide bonds. The molecule has 0 saturated carbocycles. The van der Waals surface area contributed by atoms with Crippen LogP contribution in [-0.2, 0) is 0 Å². The van der Waals surface area contributed by atoms with E-state index in [0.717, 1.165) is 53.1 Å². The van der Waals surface area contributed by atoms with E-state index in [-0.39, 0.29) is 0 Å². The summed E-state index contributed by atoms with van der Waals surface area (Å²) in [6, 6.07) is 33.6. The second-order valence-electron chi connectivity index (χ2n) is 10.00. The Hall–Kier alpha value is -4.52. The van der Waals surface area contributed by atoms with E-state index in [2.05, 4.69) is 86.6 Å². The fourth-order valence-corrected chi connectivity index (χ4v) is 7.32. The molecule has 40 heavy (non-hydrogen) atoms. The van der Waals surface area contributed by atoms with Crippen molar-refractivity contribution in [1.29, 1.82) is 0 Å². The third-order valence-corrected chi connectivity index (χ3v) is 9.25. The van der Waals surface area contributed by atoms with Gasteiger partial charge in [-0.05, 0) is 71.5 Å². The Morgan fingerprint density at radius 2 is 0.925 bits per heavy atom. The van der Waals surface area contributed by atoms with Crippen molar-refractivity contribution in [3.05, 3.63) is 108 Å². The molecule has 4 aromatic heterocycles. The average Bonchev–Trinajstić information content (AvgIpc) is 3.75. The first kappa shape index (κ1) is 23.4. The van der Waals surface area contributed by atoms with Crippen molar-refractivity contribution in [3.63, 3.8) is 0 Å². The molecule has 192 valence electrons. The molecule has 0 aliphatic rings. The summed E-state index contributed by atoms with van der Waals surface area (Å²) in [6.07, 6.45) is 0. The van der Waals surface area contributed by atoms with E-state index >= 15 is 0 Å². The maximum atomic E-state index is 6.25. The lowest BCUT2D eigenvalue weighted by molar-refractivity contribution is 0.622. The molecular weight excluding hydrogens is 533 g/mol. The lowest BCUT2D eigenvalue weighted by Gasteiger charge is -2.03. The number of rotatable bonds is 4.